The van der Waals surface area contributed by atoms with Crippen LogP contribution in [0, 0.1) is 0 Å². The molecule has 0 aliphatic carbocycles. The quantitative estimate of drug-likeness (QED) is 0.211. The van der Waals surface area contributed by atoms with Crippen molar-refractivity contribution in [3.05, 3.63) is 78.1 Å². The van der Waals surface area contributed by atoms with Gasteiger partial charge in [0.1, 0.15) is 17.3 Å². The number of nitrogens with one attached hydrogen (secondary N) is 3. The van der Waals surface area contributed by atoms with E-state index in [2.05, 4.69) is 21.0 Å². The maximum absolute atomic E-state index is 13.6. The van der Waals surface area contributed by atoms with Crippen LogP contribution in [0.5, 0.6) is 5.75 Å². The fourth-order valence-electron chi connectivity index (χ4n) is 4.50. The summed E-state index contributed by atoms with van der Waals surface area (Å²) >= 11 is 0. The Morgan fingerprint density at radius 1 is 1.00 bits per heavy atom. The maximum atomic E-state index is 13.6. The highest BCUT2D eigenvalue weighted by molar-refractivity contribution is 5.99. The first-order chi connectivity index (χ1) is 21.4. The molecular formula is C33H43N5O7. The number of carbonyl (C=O) groups is 4. The summed E-state index contributed by atoms with van der Waals surface area (Å²) in [6, 6.07) is 14.9. The highest BCUT2D eigenvalue weighted by Gasteiger charge is 2.34. The van der Waals surface area contributed by atoms with E-state index in [0.717, 1.165) is 5.56 Å². The molecule has 0 bridgehead atoms. The monoisotopic (exact) mass is 621 g/mol. The fourth-order valence-corrected chi connectivity index (χ4v) is 4.50. The van der Waals surface area contributed by atoms with E-state index in [9.17, 15) is 19.2 Å². The van der Waals surface area contributed by atoms with Gasteiger partial charge in [0.25, 0.3) is 0 Å². The van der Waals surface area contributed by atoms with E-state index < -0.39 is 41.5 Å². The minimum absolute atomic E-state index is 0.182. The molecule has 0 saturated heterocycles. The molecule has 0 saturated carbocycles. The first-order valence-corrected chi connectivity index (χ1v) is 14.9. The van der Waals surface area contributed by atoms with Crippen LogP contribution in [0.2, 0.25) is 0 Å². The Kier molecular flexibility index (Phi) is 12.5. The molecule has 3 aromatic rings. The molecule has 0 spiro atoms. The Morgan fingerprint density at radius 3 is 2.31 bits per heavy atom. The van der Waals surface area contributed by atoms with Crippen LogP contribution >= 0.6 is 0 Å². The van der Waals surface area contributed by atoms with Crippen LogP contribution in [0.4, 0.5) is 10.5 Å². The number of carbonyl (C=O) groups excluding carboxylic acids is 4. The number of amides is 3. The lowest BCUT2D eigenvalue weighted by molar-refractivity contribution is -0.146. The summed E-state index contributed by atoms with van der Waals surface area (Å²) in [5.74, 6) is -0.917. The van der Waals surface area contributed by atoms with Crippen LogP contribution < -0.4 is 20.7 Å². The third-order valence-corrected chi connectivity index (χ3v) is 6.82. The second kappa shape index (κ2) is 16.3. The fraction of sp³-hybridized carbons (Fsp3) is 0.424. The summed E-state index contributed by atoms with van der Waals surface area (Å²) in [6.45, 7) is 8.36. The molecule has 242 valence electrons. The number of aromatic nitrogens is 2. The number of nitrogens with zero attached hydrogens (tertiary/aromatic N) is 2. The van der Waals surface area contributed by atoms with Crippen LogP contribution in [0.3, 0.4) is 0 Å². The van der Waals surface area contributed by atoms with Crippen molar-refractivity contribution in [2.75, 3.05) is 19.0 Å². The first kappa shape index (κ1) is 34.6. The third-order valence-electron chi connectivity index (χ3n) is 6.82. The Balaban J connectivity index is 1.79. The zero-order valence-corrected chi connectivity index (χ0v) is 26.7. The molecule has 1 aromatic heterocycles. The molecular weight excluding hydrogens is 578 g/mol. The third kappa shape index (κ3) is 10.4. The van der Waals surface area contributed by atoms with E-state index in [4.69, 9.17) is 14.2 Å². The van der Waals surface area contributed by atoms with E-state index in [1.54, 1.807) is 52.1 Å². The van der Waals surface area contributed by atoms with Gasteiger partial charge in [-0.15, -0.1) is 0 Å². The molecule has 12 heteroatoms. The second-order valence-corrected chi connectivity index (χ2v) is 11.2. The summed E-state index contributed by atoms with van der Waals surface area (Å²) in [7, 11) is 1.55. The highest BCUT2D eigenvalue weighted by atomic mass is 16.6. The Hall–Kier alpha value is -4.87. The molecule has 45 heavy (non-hydrogen) atoms. The predicted octanol–water partition coefficient (Wildman–Crippen LogP) is 4.40. The van der Waals surface area contributed by atoms with E-state index in [1.807, 2.05) is 30.3 Å². The van der Waals surface area contributed by atoms with Crippen molar-refractivity contribution in [3.8, 4) is 5.75 Å². The normalized spacial score (nSPS) is 12.5. The van der Waals surface area contributed by atoms with Gasteiger partial charge in [0.2, 0.25) is 11.8 Å². The molecule has 3 amide bonds. The van der Waals surface area contributed by atoms with Gasteiger partial charge in [-0.3, -0.25) is 14.3 Å². The topological polar surface area (TPSA) is 150 Å². The van der Waals surface area contributed by atoms with Crippen LogP contribution in [-0.4, -0.2) is 65.1 Å². The number of aryl methyl sites for hydroxylation is 1. The molecule has 0 aliphatic rings. The SMILES string of the molecule is CCOC(=O)C(c1ccc(OC)cc1)n1cc(NC(=O)[C@@H](CCCc2ccccc2)NC(=O)C(C)(C)NC(=O)OC(C)C)cn1. The van der Waals surface area contributed by atoms with E-state index >= 15 is 0 Å². The maximum Gasteiger partial charge on any atom is 0.408 e. The van der Waals surface area contributed by atoms with Crippen molar-refractivity contribution in [1.82, 2.24) is 20.4 Å². The Labute approximate surface area is 263 Å². The van der Waals surface area contributed by atoms with Crippen molar-refractivity contribution in [2.24, 2.45) is 0 Å². The molecule has 12 nitrogen and oxygen atoms in total. The first-order valence-electron chi connectivity index (χ1n) is 14.9. The highest BCUT2D eigenvalue weighted by Crippen LogP contribution is 2.24. The molecule has 2 aromatic carbocycles. The van der Waals surface area contributed by atoms with Crippen molar-refractivity contribution in [1.29, 1.82) is 0 Å². The van der Waals surface area contributed by atoms with Gasteiger partial charge in [0.05, 0.1) is 31.7 Å². The number of ether oxygens (including phenoxy) is 3. The van der Waals surface area contributed by atoms with Gasteiger partial charge in [-0.1, -0.05) is 42.5 Å². The standard InChI is InChI=1S/C33H43N5O7/c1-7-44-30(40)28(24-16-18-26(43-6)19-17-24)38-21-25(20-34-38)35-29(39)27(15-11-14-23-12-9-8-10-13-23)36-31(41)33(4,5)37-32(42)45-22(2)3/h8-10,12-13,16-22,27-28H,7,11,14-15H2,1-6H3,(H,35,39)(H,36,41)(H,37,42)/t27-,28?/m1/s1. The number of hydrogen-bond donors (Lipinski definition) is 3. The van der Waals surface area contributed by atoms with E-state index in [-0.39, 0.29) is 12.7 Å². The lowest BCUT2D eigenvalue weighted by Crippen LogP contribution is -2.58. The van der Waals surface area contributed by atoms with Gasteiger partial charge in [-0.05, 0) is 77.1 Å². The number of esters is 1. The number of rotatable bonds is 15. The average Bonchev–Trinajstić information content (AvgIpc) is 3.44. The van der Waals surface area contributed by atoms with Gasteiger partial charge in [-0.2, -0.15) is 5.10 Å². The minimum Gasteiger partial charge on any atom is -0.497 e. The number of hydrogen-bond acceptors (Lipinski definition) is 8. The summed E-state index contributed by atoms with van der Waals surface area (Å²) in [5.41, 5.74) is 0.682. The zero-order valence-electron chi connectivity index (χ0n) is 26.7. The van der Waals surface area contributed by atoms with Gasteiger partial charge < -0.3 is 30.2 Å². The second-order valence-electron chi connectivity index (χ2n) is 11.2. The van der Waals surface area contributed by atoms with Crippen LogP contribution in [-0.2, 0) is 30.3 Å². The zero-order chi connectivity index (χ0) is 33.0. The molecule has 1 unspecified atom stereocenters. The van der Waals surface area contributed by atoms with Crippen molar-refractivity contribution < 1.29 is 33.4 Å². The number of benzene rings is 2. The largest absolute Gasteiger partial charge is 0.497 e. The molecule has 0 fully saturated rings. The van der Waals surface area contributed by atoms with Crippen molar-refractivity contribution in [2.45, 2.75) is 77.6 Å². The van der Waals surface area contributed by atoms with Gasteiger partial charge in [-0.25, -0.2) is 9.59 Å². The van der Waals surface area contributed by atoms with E-state index in [1.165, 1.54) is 30.9 Å². The molecule has 0 radical (unpaired) electrons. The molecule has 2 atom stereocenters. The summed E-state index contributed by atoms with van der Waals surface area (Å²) in [6.07, 6.45) is 3.47. The molecule has 3 rings (SSSR count). The summed E-state index contributed by atoms with van der Waals surface area (Å²) in [5, 5.41) is 12.5. The lowest BCUT2D eigenvalue weighted by Gasteiger charge is -2.28. The van der Waals surface area contributed by atoms with Crippen molar-refractivity contribution >= 4 is 29.6 Å². The van der Waals surface area contributed by atoms with Gasteiger partial charge in [0.15, 0.2) is 6.04 Å². The summed E-state index contributed by atoms with van der Waals surface area (Å²) in [4.78, 5) is 52.0. The van der Waals surface area contributed by atoms with Gasteiger partial charge in [0, 0.05) is 6.20 Å². The molecule has 1 heterocycles. The molecule has 0 aliphatic heterocycles. The van der Waals surface area contributed by atoms with E-state index in [0.29, 0.717) is 36.3 Å². The number of anilines is 1. The van der Waals surface area contributed by atoms with Crippen molar-refractivity contribution in [3.63, 3.8) is 0 Å². The Morgan fingerprint density at radius 2 is 1.69 bits per heavy atom. The Bertz CT molecular complexity index is 1420. The van der Waals surface area contributed by atoms with Crippen LogP contribution in [0.15, 0.2) is 67.0 Å². The van der Waals surface area contributed by atoms with Crippen LogP contribution in [0.25, 0.3) is 0 Å². The number of methoxy groups -OCH3 is 1. The summed E-state index contributed by atoms with van der Waals surface area (Å²) < 4.78 is 17.1. The van der Waals surface area contributed by atoms with Crippen LogP contribution in [0.1, 0.15) is 64.6 Å². The predicted molar refractivity (Wildman–Crippen MR) is 169 cm³/mol. The minimum atomic E-state index is -1.36. The number of alkyl carbamates (subject to hydrolysis) is 1. The average molecular weight is 622 g/mol. The van der Waals surface area contributed by atoms with Gasteiger partial charge >= 0.3 is 12.1 Å². The lowest BCUT2D eigenvalue weighted by atomic mass is 10.0. The smallest absolute Gasteiger partial charge is 0.408 e. The molecule has 3 N–H and O–H groups in total.